The fourth-order valence-corrected chi connectivity index (χ4v) is 5.19. The van der Waals surface area contributed by atoms with Gasteiger partial charge in [-0.15, -0.1) is 11.3 Å². The number of H-pyrrole nitrogens is 1. The fraction of sp³-hybridized carbons (Fsp3) is 0.556. The standard InChI is InChI=1S/C18H22ClN3O3S/c1-2-25-14-9-13(18(14)5-7-24-8-6-18)21-17(23)11-10-20-22-16(11)12-3-4-15(19)26-12/h3-4,10,13-14H,2,5-9H2,1H3,(H,20,22)(H,21,23). The number of halogens is 1. The second-order valence-electron chi connectivity index (χ2n) is 6.81. The summed E-state index contributed by atoms with van der Waals surface area (Å²) < 4.78 is 12.1. The molecular weight excluding hydrogens is 374 g/mol. The molecule has 0 radical (unpaired) electrons. The number of carbonyl (C=O) groups excluding carboxylic acids is 1. The molecule has 2 atom stereocenters. The third-order valence-electron chi connectivity index (χ3n) is 5.59. The van der Waals surface area contributed by atoms with Crippen LogP contribution in [0.4, 0.5) is 0 Å². The predicted octanol–water partition coefficient (Wildman–Crippen LogP) is 3.50. The number of carbonyl (C=O) groups is 1. The summed E-state index contributed by atoms with van der Waals surface area (Å²) in [5.74, 6) is -0.107. The summed E-state index contributed by atoms with van der Waals surface area (Å²) in [4.78, 5) is 13.8. The highest BCUT2D eigenvalue weighted by atomic mass is 35.5. The summed E-state index contributed by atoms with van der Waals surface area (Å²) in [6.07, 6.45) is 4.45. The number of nitrogens with zero attached hydrogens (tertiary/aromatic N) is 1. The van der Waals surface area contributed by atoms with E-state index in [1.807, 2.05) is 19.1 Å². The van der Waals surface area contributed by atoms with Gasteiger partial charge in [-0.05, 0) is 38.3 Å². The lowest BCUT2D eigenvalue weighted by Gasteiger charge is -2.57. The van der Waals surface area contributed by atoms with E-state index in [2.05, 4.69) is 15.5 Å². The summed E-state index contributed by atoms with van der Waals surface area (Å²) in [5, 5.41) is 10.2. The number of ether oxygens (including phenoxy) is 2. The highest BCUT2D eigenvalue weighted by Gasteiger charge is 2.56. The molecule has 2 aromatic rings. The van der Waals surface area contributed by atoms with Gasteiger partial charge in [0.25, 0.3) is 5.91 Å². The Bertz CT molecular complexity index is 784. The largest absolute Gasteiger partial charge is 0.381 e. The minimum Gasteiger partial charge on any atom is -0.381 e. The lowest BCUT2D eigenvalue weighted by atomic mass is 9.57. The highest BCUT2D eigenvalue weighted by Crippen LogP contribution is 2.50. The molecule has 4 rings (SSSR count). The first-order chi connectivity index (χ1) is 12.6. The summed E-state index contributed by atoms with van der Waals surface area (Å²) in [5.41, 5.74) is 1.24. The first-order valence-corrected chi connectivity index (χ1v) is 10.1. The molecule has 0 aromatic carbocycles. The maximum Gasteiger partial charge on any atom is 0.255 e. The van der Waals surface area contributed by atoms with Gasteiger partial charge in [0.1, 0.15) is 0 Å². The van der Waals surface area contributed by atoms with Crippen molar-refractivity contribution in [2.24, 2.45) is 5.41 Å². The van der Waals surface area contributed by atoms with Crippen molar-refractivity contribution in [2.45, 2.75) is 38.3 Å². The van der Waals surface area contributed by atoms with Gasteiger partial charge in [-0.25, -0.2) is 0 Å². The molecule has 6 nitrogen and oxygen atoms in total. The van der Waals surface area contributed by atoms with E-state index >= 15 is 0 Å². The summed E-state index contributed by atoms with van der Waals surface area (Å²) >= 11 is 7.45. The number of hydrogen-bond donors (Lipinski definition) is 2. The SMILES string of the molecule is CCOC1CC(NC(=O)c2cn[nH]c2-c2ccc(Cl)s2)C12CCOCC2. The van der Waals surface area contributed by atoms with Crippen molar-refractivity contribution in [3.05, 3.63) is 28.2 Å². The van der Waals surface area contributed by atoms with Crippen molar-refractivity contribution in [2.75, 3.05) is 19.8 Å². The van der Waals surface area contributed by atoms with Crippen LogP contribution < -0.4 is 5.32 Å². The van der Waals surface area contributed by atoms with Gasteiger partial charge in [-0.3, -0.25) is 9.89 Å². The second kappa shape index (κ2) is 7.31. The molecular formula is C18H22ClN3O3S. The number of amides is 1. The molecule has 140 valence electrons. The highest BCUT2D eigenvalue weighted by molar-refractivity contribution is 7.19. The molecule has 1 aliphatic carbocycles. The number of aromatic nitrogens is 2. The van der Waals surface area contributed by atoms with E-state index in [-0.39, 0.29) is 23.5 Å². The quantitative estimate of drug-likeness (QED) is 0.812. The Morgan fingerprint density at radius 1 is 1.50 bits per heavy atom. The Morgan fingerprint density at radius 3 is 3.00 bits per heavy atom. The minimum atomic E-state index is -0.107. The van der Waals surface area contributed by atoms with Crippen LogP contribution in [0.5, 0.6) is 0 Å². The monoisotopic (exact) mass is 395 g/mol. The van der Waals surface area contributed by atoms with Gasteiger partial charge in [0, 0.05) is 31.3 Å². The van der Waals surface area contributed by atoms with Gasteiger partial charge in [-0.2, -0.15) is 5.10 Å². The lowest BCUT2D eigenvalue weighted by Crippen LogP contribution is -2.66. The van der Waals surface area contributed by atoms with Crippen LogP contribution in [-0.4, -0.2) is 48.1 Å². The molecule has 1 aliphatic heterocycles. The molecule has 2 aliphatic rings. The molecule has 1 saturated heterocycles. The molecule has 1 saturated carbocycles. The van der Waals surface area contributed by atoms with E-state index in [4.69, 9.17) is 21.1 Å². The number of rotatable bonds is 5. The van der Waals surface area contributed by atoms with Crippen LogP contribution in [0.25, 0.3) is 10.6 Å². The average Bonchev–Trinajstić information content (AvgIpc) is 3.30. The van der Waals surface area contributed by atoms with Gasteiger partial charge in [0.2, 0.25) is 0 Å². The summed E-state index contributed by atoms with van der Waals surface area (Å²) in [6, 6.07) is 3.82. The van der Waals surface area contributed by atoms with Gasteiger partial charge < -0.3 is 14.8 Å². The van der Waals surface area contributed by atoms with E-state index < -0.39 is 0 Å². The van der Waals surface area contributed by atoms with Crippen molar-refractivity contribution in [1.29, 1.82) is 0 Å². The first-order valence-electron chi connectivity index (χ1n) is 8.93. The zero-order chi connectivity index (χ0) is 18.1. The van der Waals surface area contributed by atoms with Gasteiger partial charge in [0.15, 0.2) is 0 Å². The van der Waals surface area contributed by atoms with Gasteiger partial charge >= 0.3 is 0 Å². The Hall–Kier alpha value is -1.41. The molecule has 2 fully saturated rings. The Labute approximate surface area is 161 Å². The predicted molar refractivity (Wildman–Crippen MR) is 101 cm³/mol. The van der Waals surface area contributed by atoms with Crippen molar-refractivity contribution in [3.8, 4) is 10.6 Å². The van der Waals surface area contributed by atoms with Crippen molar-refractivity contribution in [3.63, 3.8) is 0 Å². The maximum atomic E-state index is 12.9. The second-order valence-corrected chi connectivity index (χ2v) is 8.53. The van der Waals surface area contributed by atoms with Gasteiger partial charge in [0.05, 0.1) is 32.8 Å². The van der Waals surface area contributed by atoms with Crippen LogP contribution >= 0.6 is 22.9 Å². The average molecular weight is 396 g/mol. The normalized spacial score (nSPS) is 24.4. The Balaban J connectivity index is 1.51. The molecule has 3 heterocycles. The summed E-state index contributed by atoms with van der Waals surface area (Å²) in [6.45, 7) is 4.16. The number of nitrogens with one attached hydrogen (secondary N) is 2. The zero-order valence-electron chi connectivity index (χ0n) is 14.6. The molecule has 0 bridgehead atoms. The topological polar surface area (TPSA) is 76.2 Å². The van der Waals surface area contributed by atoms with E-state index in [9.17, 15) is 4.79 Å². The molecule has 26 heavy (non-hydrogen) atoms. The van der Waals surface area contributed by atoms with Crippen molar-refractivity contribution >= 4 is 28.8 Å². The molecule has 1 spiro atoms. The van der Waals surface area contributed by atoms with Crippen LogP contribution in [0.2, 0.25) is 4.34 Å². The molecule has 2 aromatic heterocycles. The third-order valence-corrected chi connectivity index (χ3v) is 6.83. The molecule has 1 amide bonds. The first kappa shape index (κ1) is 18.0. The van der Waals surface area contributed by atoms with Crippen LogP contribution in [0.3, 0.4) is 0 Å². The molecule has 2 N–H and O–H groups in total. The minimum absolute atomic E-state index is 0.0138. The Kier molecular flexibility index (Phi) is 5.05. The number of thiophene rings is 1. The maximum absolute atomic E-state index is 12.9. The van der Waals surface area contributed by atoms with Crippen molar-refractivity contribution in [1.82, 2.24) is 15.5 Å². The molecule has 2 unspecified atom stereocenters. The van der Waals surface area contributed by atoms with Crippen LogP contribution in [0.15, 0.2) is 18.3 Å². The van der Waals surface area contributed by atoms with Crippen LogP contribution in [0.1, 0.15) is 36.5 Å². The van der Waals surface area contributed by atoms with Crippen molar-refractivity contribution < 1.29 is 14.3 Å². The van der Waals surface area contributed by atoms with E-state index in [0.29, 0.717) is 22.2 Å². The van der Waals surface area contributed by atoms with E-state index in [1.54, 1.807) is 6.20 Å². The van der Waals surface area contributed by atoms with Crippen LogP contribution in [-0.2, 0) is 9.47 Å². The van der Waals surface area contributed by atoms with E-state index in [1.165, 1.54) is 11.3 Å². The smallest absolute Gasteiger partial charge is 0.255 e. The number of aromatic amines is 1. The van der Waals surface area contributed by atoms with E-state index in [0.717, 1.165) is 37.4 Å². The van der Waals surface area contributed by atoms with Gasteiger partial charge in [-0.1, -0.05) is 11.6 Å². The zero-order valence-corrected chi connectivity index (χ0v) is 16.2. The third kappa shape index (κ3) is 3.07. The number of hydrogen-bond acceptors (Lipinski definition) is 5. The van der Waals surface area contributed by atoms with Crippen LogP contribution in [0, 0.1) is 5.41 Å². The Morgan fingerprint density at radius 2 is 2.31 bits per heavy atom. The fourth-order valence-electron chi connectivity index (χ4n) is 4.14. The molecule has 8 heteroatoms. The lowest BCUT2D eigenvalue weighted by molar-refractivity contribution is -0.170. The summed E-state index contributed by atoms with van der Waals surface area (Å²) in [7, 11) is 0.